The lowest BCUT2D eigenvalue weighted by atomic mass is 10.2. The molecule has 0 radical (unpaired) electrons. The van der Waals surface area contributed by atoms with E-state index >= 15 is 0 Å². The number of hydrogen-bond acceptors (Lipinski definition) is 5. The van der Waals surface area contributed by atoms with Gasteiger partial charge in [0.25, 0.3) is 0 Å². The zero-order valence-electron chi connectivity index (χ0n) is 10.5. The number of halogens is 3. The van der Waals surface area contributed by atoms with E-state index in [0.717, 1.165) is 0 Å². The van der Waals surface area contributed by atoms with E-state index in [1.54, 1.807) is 0 Å². The molecular weight excluding hydrogens is 314 g/mol. The maximum Gasteiger partial charge on any atom is 0.412 e. The van der Waals surface area contributed by atoms with Crippen LogP contribution in [0.3, 0.4) is 0 Å². The second-order valence-electron chi connectivity index (χ2n) is 3.90. The molecule has 1 heterocycles. The van der Waals surface area contributed by atoms with Crippen molar-refractivity contribution in [3.05, 3.63) is 12.4 Å². The van der Waals surface area contributed by atoms with Crippen LogP contribution in [0.4, 0.5) is 13.2 Å². The lowest BCUT2D eigenvalue weighted by Gasteiger charge is -2.19. The second kappa shape index (κ2) is 8.46. The highest BCUT2D eigenvalue weighted by atomic mass is 32.2. The smallest absolute Gasteiger partial charge is 0.412 e. The zero-order valence-corrected chi connectivity index (χ0v) is 12.5. The van der Waals surface area contributed by atoms with Crippen molar-refractivity contribution >= 4 is 27.2 Å². The molecule has 0 spiro atoms. The summed E-state index contributed by atoms with van der Waals surface area (Å²) in [6.45, 7) is 0. The molecule has 0 aliphatic carbocycles. The highest BCUT2D eigenvalue weighted by Crippen LogP contribution is 2.32. The Morgan fingerprint density at radius 1 is 1.35 bits per heavy atom. The van der Waals surface area contributed by atoms with Gasteiger partial charge in [-0.15, -0.1) is 0 Å². The normalized spacial score (nSPS) is 13.2. The number of nitrogens with zero attached hydrogens (tertiary/aromatic N) is 3. The molecule has 2 unspecified atom stereocenters. The van der Waals surface area contributed by atoms with Crippen LogP contribution < -0.4 is 0 Å². The molecule has 0 bridgehead atoms. The molecule has 0 aliphatic rings. The number of carbonyl (C=O) groups is 1. The van der Waals surface area contributed by atoms with Gasteiger partial charge in [0.05, 0.1) is 21.9 Å². The average Bonchev–Trinajstić information content (AvgIpc) is 2.89. The van der Waals surface area contributed by atoms with E-state index in [-0.39, 0.29) is 18.8 Å². The molecule has 0 aliphatic heterocycles. The Kier molecular flexibility index (Phi) is 7.29. The van der Waals surface area contributed by atoms with Gasteiger partial charge in [0.15, 0.2) is 6.04 Å². The van der Waals surface area contributed by atoms with Crippen molar-refractivity contribution in [2.24, 2.45) is 0 Å². The summed E-state index contributed by atoms with van der Waals surface area (Å²) in [6.07, 6.45) is -1.19. The maximum absolute atomic E-state index is 12.8. The van der Waals surface area contributed by atoms with E-state index < -0.39 is 12.2 Å². The first-order valence-electron chi connectivity index (χ1n) is 5.85. The van der Waals surface area contributed by atoms with Gasteiger partial charge in [0, 0.05) is 6.42 Å². The third kappa shape index (κ3) is 6.09. The van der Waals surface area contributed by atoms with Crippen LogP contribution in [0.2, 0.25) is 0 Å². The first kappa shape index (κ1) is 17.2. The summed E-state index contributed by atoms with van der Waals surface area (Å²) in [4.78, 5) is 11.5. The van der Waals surface area contributed by atoms with Gasteiger partial charge in [-0.2, -0.15) is 39.9 Å². The van der Waals surface area contributed by atoms with Crippen molar-refractivity contribution < 1.29 is 22.5 Å². The highest BCUT2D eigenvalue weighted by molar-refractivity contribution is 7.99. The summed E-state index contributed by atoms with van der Waals surface area (Å²) in [6, 6.07) is -1.71. The molecule has 0 fully saturated rings. The summed E-state index contributed by atoms with van der Waals surface area (Å²) in [5.74, 6) is 0.586. The van der Waals surface area contributed by atoms with Gasteiger partial charge in [-0.1, -0.05) is 0 Å². The molecule has 20 heavy (non-hydrogen) atoms. The molecule has 2 atom stereocenters. The summed E-state index contributed by atoms with van der Waals surface area (Å²) in [5, 5.41) is 7.09. The highest BCUT2D eigenvalue weighted by Gasteiger charge is 2.41. The summed E-state index contributed by atoms with van der Waals surface area (Å²) in [7, 11) is 1.86. The monoisotopic (exact) mass is 329 g/mol. The molecule has 5 nitrogen and oxygen atoms in total. The second-order valence-corrected chi connectivity index (χ2v) is 5.36. The van der Waals surface area contributed by atoms with Gasteiger partial charge in [0.1, 0.15) is 0 Å². The molecule has 0 saturated heterocycles. The standard InChI is InChI=1S/C10H15F3N3O2PS/c11-10(12,13)8(16-14-4-5-15-16)3-7-20-6-1-2-9(17)18-19/h4-5,8H,1-3,6-7,19H2. The minimum atomic E-state index is -4.37. The van der Waals surface area contributed by atoms with Crippen molar-refractivity contribution in [2.75, 3.05) is 11.5 Å². The molecule has 10 heteroatoms. The average molecular weight is 329 g/mol. The van der Waals surface area contributed by atoms with E-state index in [0.29, 0.717) is 22.7 Å². The predicted octanol–water partition coefficient (Wildman–Crippen LogP) is 2.62. The van der Waals surface area contributed by atoms with Crippen LogP contribution in [0.25, 0.3) is 0 Å². The topological polar surface area (TPSA) is 57.0 Å². The Labute approximate surface area is 120 Å². The Morgan fingerprint density at radius 3 is 2.55 bits per heavy atom. The van der Waals surface area contributed by atoms with Gasteiger partial charge < -0.3 is 4.52 Å². The molecule has 1 aromatic rings. The lowest BCUT2D eigenvalue weighted by molar-refractivity contribution is -0.173. The Bertz CT molecular complexity index is 403. The molecule has 1 aromatic heterocycles. The summed E-state index contributed by atoms with van der Waals surface area (Å²) in [5.41, 5.74) is 0. The fourth-order valence-electron chi connectivity index (χ4n) is 1.47. The Morgan fingerprint density at radius 2 is 2.00 bits per heavy atom. The molecule has 0 amide bonds. The van der Waals surface area contributed by atoms with Crippen LogP contribution in [0.1, 0.15) is 25.3 Å². The van der Waals surface area contributed by atoms with Crippen molar-refractivity contribution in [1.82, 2.24) is 15.0 Å². The Balaban J connectivity index is 2.29. The molecule has 0 N–H and O–H groups in total. The van der Waals surface area contributed by atoms with E-state index in [9.17, 15) is 18.0 Å². The third-order valence-electron chi connectivity index (χ3n) is 2.43. The predicted molar refractivity (Wildman–Crippen MR) is 72.1 cm³/mol. The van der Waals surface area contributed by atoms with Crippen LogP contribution in [-0.4, -0.2) is 38.6 Å². The van der Waals surface area contributed by atoms with Crippen molar-refractivity contribution in [1.29, 1.82) is 0 Å². The molecule has 0 aromatic carbocycles. The van der Waals surface area contributed by atoms with E-state index in [2.05, 4.69) is 14.7 Å². The van der Waals surface area contributed by atoms with Crippen LogP contribution in [0, 0.1) is 0 Å². The number of rotatable bonds is 8. The van der Waals surface area contributed by atoms with Crippen LogP contribution >= 0.6 is 21.2 Å². The van der Waals surface area contributed by atoms with Crippen LogP contribution in [-0.2, 0) is 9.32 Å². The summed E-state index contributed by atoms with van der Waals surface area (Å²) >= 11 is 1.36. The number of alkyl halides is 3. The Hall–Kier alpha value is -0.820. The van der Waals surface area contributed by atoms with Gasteiger partial charge in [-0.25, -0.2) is 0 Å². The molecule has 0 saturated carbocycles. The number of aromatic nitrogens is 3. The first-order chi connectivity index (χ1) is 9.45. The largest absolute Gasteiger partial charge is 0.452 e. The van der Waals surface area contributed by atoms with Gasteiger partial charge >= 0.3 is 12.1 Å². The van der Waals surface area contributed by atoms with E-state index in [1.165, 1.54) is 24.2 Å². The van der Waals surface area contributed by atoms with E-state index in [4.69, 9.17) is 0 Å². The fourth-order valence-corrected chi connectivity index (χ4v) is 2.53. The molecular formula is C10H15F3N3O2PS. The lowest BCUT2D eigenvalue weighted by Crippen LogP contribution is -2.29. The van der Waals surface area contributed by atoms with Crippen molar-refractivity contribution in [2.45, 2.75) is 31.5 Å². The minimum Gasteiger partial charge on any atom is -0.452 e. The zero-order chi connectivity index (χ0) is 15.0. The van der Waals surface area contributed by atoms with Crippen LogP contribution in [0.5, 0.6) is 0 Å². The van der Waals surface area contributed by atoms with E-state index in [1.807, 2.05) is 9.47 Å². The van der Waals surface area contributed by atoms with Crippen LogP contribution in [0.15, 0.2) is 12.4 Å². The van der Waals surface area contributed by atoms with Gasteiger partial charge in [-0.3, -0.25) is 4.79 Å². The number of thioether (sulfide) groups is 1. The van der Waals surface area contributed by atoms with Gasteiger partial charge in [0.2, 0.25) is 0 Å². The summed E-state index contributed by atoms with van der Waals surface area (Å²) < 4.78 is 42.9. The third-order valence-corrected chi connectivity index (χ3v) is 3.79. The number of carbonyl (C=O) groups excluding carboxylic acids is 1. The fraction of sp³-hybridized carbons (Fsp3) is 0.700. The van der Waals surface area contributed by atoms with Crippen molar-refractivity contribution in [3.63, 3.8) is 0 Å². The minimum absolute atomic E-state index is 0.100. The quantitative estimate of drug-likeness (QED) is 0.542. The van der Waals surface area contributed by atoms with Crippen molar-refractivity contribution in [3.8, 4) is 0 Å². The number of hydrogen-bond donors (Lipinski definition) is 0. The first-order valence-corrected chi connectivity index (χ1v) is 7.47. The maximum atomic E-state index is 12.8. The van der Waals surface area contributed by atoms with Gasteiger partial charge in [-0.05, 0) is 24.3 Å². The molecule has 114 valence electrons. The SMILES string of the molecule is O=C(CCCSCCC(n1nccn1)C(F)(F)F)OP. The molecule has 1 rings (SSSR count).